The van der Waals surface area contributed by atoms with Gasteiger partial charge in [0.25, 0.3) is 0 Å². The molecule has 0 spiro atoms. The molecule has 64 valence electrons. The lowest BCUT2D eigenvalue weighted by molar-refractivity contribution is 0.240. The van der Waals surface area contributed by atoms with Crippen LogP contribution in [0.25, 0.3) is 0 Å². The van der Waals surface area contributed by atoms with Gasteiger partial charge < -0.3 is 0 Å². The highest BCUT2D eigenvalue weighted by Crippen LogP contribution is 2.07. The van der Waals surface area contributed by atoms with E-state index in [1.165, 1.54) is 6.34 Å². The van der Waals surface area contributed by atoms with Crippen LogP contribution in [0.15, 0.2) is 23.2 Å². The van der Waals surface area contributed by atoms with Crippen LogP contribution in [-0.2, 0) is 6.42 Å². The zero-order valence-corrected chi connectivity index (χ0v) is 6.86. The third-order valence-electron chi connectivity index (χ3n) is 1.41. The Hall–Kier alpha value is -1.42. The van der Waals surface area contributed by atoms with Gasteiger partial charge in [0.15, 0.2) is 5.82 Å². The molecule has 0 aliphatic rings. The zero-order valence-electron chi connectivity index (χ0n) is 6.86. The summed E-state index contributed by atoms with van der Waals surface area (Å²) in [5.74, 6) is 0.593. The molecule has 0 unspecified atom stereocenters. The fraction of sp³-hybridized carbons (Fsp3) is 0.250. The summed E-state index contributed by atoms with van der Waals surface area (Å²) in [4.78, 5) is 8.02. The SMILES string of the molecule is CCc1cccc(/N=C/NO)n1. The fourth-order valence-corrected chi connectivity index (χ4v) is 0.831. The highest BCUT2D eigenvalue weighted by atomic mass is 16.5. The van der Waals surface area contributed by atoms with Gasteiger partial charge in [-0.1, -0.05) is 13.0 Å². The van der Waals surface area contributed by atoms with Crippen LogP contribution in [0, 0.1) is 0 Å². The van der Waals surface area contributed by atoms with E-state index in [1.54, 1.807) is 6.07 Å². The van der Waals surface area contributed by atoms with E-state index in [1.807, 2.05) is 24.5 Å². The van der Waals surface area contributed by atoms with Crippen LogP contribution < -0.4 is 5.48 Å². The summed E-state index contributed by atoms with van der Waals surface area (Å²) in [5, 5.41) is 8.23. The average molecular weight is 165 g/mol. The summed E-state index contributed by atoms with van der Waals surface area (Å²) in [7, 11) is 0. The van der Waals surface area contributed by atoms with Crippen molar-refractivity contribution < 1.29 is 5.21 Å². The van der Waals surface area contributed by atoms with E-state index >= 15 is 0 Å². The maximum Gasteiger partial charge on any atom is 0.153 e. The molecule has 4 heteroatoms. The van der Waals surface area contributed by atoms with Crippen molar-refractivity contribution in [1.82, 2.24) is 10.5 Å². The minimum absolute atomic E-state index is 0.593. The maximum absolute atomic E-state index is 8.23. The van der Waals surface area contributed by atoms with Crippen molar-refractivity contribution in [3.8, 4) is 0 Å². The summed E-state index contributed by atoms with van der Waals surface area (Å²) in [6.45, 7) is 2.03. The van der Waals surface area contributed by atoms with Crippen LogP contribution in [0.1, 0.15) is 12.6 Å². The molecule has 1 rings (SSSR count). The molecule has 0 aromatic carbocycles. The minimum atomic E-state index is 0.593. The molecule has 0 aliphatic carbocycles. The molecular formula is C8H11N3O. The van der Waals surface area contributed by atoms with Gasteiger partial charge in [0.2, 0.25) is 0 Å². The predicted molar refractivity (Wildman–Crippen MR) is 46.7 cm³/mol. The van der Waals surface area contributed by atoms with Gasteiger partial charge in [0.1, 0.15) is 6.34 Å². The van der Waals surface area contributed by atoms with Crippen molar-refractivity contribution in [2.24, 2.45) is 4.99 Å². The number of nitrogens with one attached hydrogen (secondary N) is 1. The van der Waals surface area contributed by atoms with Gasteiger partial charge in [-0.05, 0) is 18.6 Å². The van der Waals surface area contributed by atoms with Gasteiger partial charge in [-0.15, -0.1) is 0 Å². The molecule has 1 aromatic heterocycles. The Morgan fingerprint density at radius 2 is 2.50 bits per heavy atom. The molecular weight excluding hydrogens is 154 g/mol. The van der Waals surface area contributed by atoms with Gasteiger partial charge in [-0.3, -0.25) is 10.7 Å². The van der Waals surface area contributed by atoms with Crippen molar-refractivity contribution in [3.05, 3.63) is 23.9 Å². The van der Waals surface area contributed by atoms with Crippen LogP contribution in [0.5, 0.6) is 0 Å². The van der Waals surface area contributed by atoms with E-state index in [-0.39, 0.29) is 0 Å². The molecule has 0 saturated carbocycles. The van der Waals surface area contributed by atoms with Crippen molar-refractivity contribution in [2.75, 3.05) is 0 Å². The molecule has 12 heavy (non-hydrogen) atoms. The van der Waals surface area contributed by atoms with Crippen LogP contribution in [0.4, 0.5) is 5.82 Å². The summed E-state index contributed by atoms with van der Waals surface area (Å²) in [6, 6.07) is 5.59. The van der Waals surface area contributed by atoms with Crippen molar-refractivity contribution in [3.63, 3.8) is 0 Å². The molecule has 0 amide bonds. The second-order valence-electron chi connectivity index (χ2n) is 2.23. The zero-order chi connectivity index (χ0) is 8.81. The molecule has 0 fully saturated rings. The Kier molecular flexibility index (Phi) is 3.22. The number of hydrogen-bond acceptors (Lipinski definition) is 3. The van der Waals surface area contributed by atoms with Gasteiger partial charge in [0.05, 0.1) is 0 Å². The molecule has 0 atom stereocenters. The number of hydroxylamine groups is 1. The van der Waals surface area contributed by atoms with Gasteiger partial charge in [0, 0.05) is 5.69 Å². The summed E-state index contributed by atoms with van der Waals surface area (Å²) in [6.07, 6.45) is 2.07. The molecule has 0 aliphatic heterocycles. The standard InChI is InChI=1S/C8H11N3O/c1-2-7-4-3-5-8(11-7)9-6-10-12/h3-6,12H,2H2,1H3,(H,9,10,11). The van der Waals surface area contributed by atoms with E-state index in [0.29, 0.717) is 5.82 Å². The molecule has 4 nitrogen and oxygen atoms in total. The average Bonchev–Trinajstić information content (AvgIpc) is 2.15. The van der Waals surface area contributed by atoms with Crippen molar-refractivity contribution >= 4 is 12.2 Å². The van der Waals surface area contributed by atoms with E-state index < -0.39 is 0 Å². The topological polar surface area (TPSA) is 57.5 Å². The lowest BCUT2D eigenvalue weighted by Gasteiger charge is -1.96. The van der Waals surface area contributed by atoms with E-state index in [9.17, 15) is 0 Å². The molecule has 1 heterocycles. The first-order chi connectivity index (χ1) is 5.86. The smallest absolute Gasteiger partial charge is 0.153 e. The predicted octanol–water partition coefficient (Wildman–Crippen LogP) is 1.28. The quantitative estimate of drug-likeness (QED) is 0.403. The van der Waals surface area contributed by atoms with Crippen molar-refractivity contribution in [2.45, 2.75) is 13.3 Å². The first kappa shape index (κ1) is 8.67. The molecule has 0 radical (unpaired) electrons. The van der Waals surface area contributed by atoms with Crippen LogP contribution in [0.2, 0.25) is 0 Å². The summed E-state index contributed by atoms with van der Waals surface area (Å²) < 4.78 is 0. The van der Waals surface area contributed by atoms with Gasteiger partial charge in [-0.25, -0.2) is 9.98 Å². The second kappa shape index (κ2) is 4.46. The Morgan fingerprint density at radius 1 is 1.67 bits per heavy atom. The number of rotatable bonds is 3. The highest BCUT2D eigenvalue weighted by molar-refractivity contribution is 5.57. The molecule has 1 aromatic rings. The molecule has 2 N–H and O–H groups in total. The number of aryl methyl sites for hydroxylation is 1. The number of aliphatic imine (C=N–C) groups is 1. The number of nitrogens with zero attached hydrogens (tertiary/aromatic N) is 2. The summed E-state index contributed by atoms with van der Waals surface area (Å²) in [5.41, 5.74) is 2.81. The van der Waals surface area contributed by atoms with Crippen LogP contribution in [-0.4, -0.2) is 16.5 Å². The van der Waals surface area contributed by atoms with Gasteiger partial charge in [-0.2, -0.15) is 0 Å². The van der Waals surface area contributed by atoms with Crippen LogP contribution in [0.3, 0.4) is 0 Å². The lowest BCUT2D eigenvalue weighted by atomic mass is 10.3. The Labute approximate surface area is 70.9 Å². The minimum Gasteiger partial charge on any atom is -0.290 e. The molecule has 0 bridgehead atoms. The van der Waals surface area contributed by atoms with E-state index in [2.05, 4.69) is 9.98 Å². The Bertz CT molecular complexity index is 273. The number of hydrogen-bond donors (Lipinski definition) is 2. The molecule has 0 saturated heterocycles. The normalized spacial score (nSPS) is 10.5. The maximum atomic E-state index is 8.23. The van der Waals surface area contributed by atoms with Gasteiger partial charge >= 0.3 is 0 Å². The summed E-state index contributed by atoms with van der Waals surface area (Å²) >= 11 is 0. The number of aromatic nitrogens is 1. The Balaban J connectivity index is 2.79. The van der Waals surface area contributed by atoms with E-state index in [0.717, 1.165) is 12.1 Å². The van der Waals surface area contributed by atoms with Crippen molar-refractivity contribution in [1.29, 1.82) is 0 Å². The lowest BCUT2D eigenvalue weighted by Crippen LogP contribution is -2.01. The largest absolute Gasteiger partial charge is 0.290 e. The van der Waals surface area contributed by atoms with E-state index in [4.69, 9.17) is 5.21 Å². The number of pyridine rings is 1. The monoisotopic (exact) mass is 165 g/mol. The Morgan fingerprint density at radius 3 is 3.17 bits per heavy atom. The second-order valence-corrected chi connectivity index (χ2v) is 2.23. The fourth-order valence-electron chi connectivity index (χ4n) is 0.831. The first-order valence-corrected chi connectivity index (χ1v) is 3.75. The first-order valence-electron chi connectivity index (χ1n) is 3.75. The third-order valence-corrected chi connectivity index (χ3v) is 1.41. The van der Waals surface area contributed by atoms with Crippen LogP contribution >= 0.6 is 0 Å². The third kappa shape index (κ3) is 2.32. The highest BCUT2D eigenvalue weighted by Gasteiger charge is 1.91.